The summed E-state index contributed by atoms with van der Waals surface area (Å²) in [5.74, 6) is 0.338. The number of amides is 1. The van der Waals surface area contributed by atoms with Gasteiger partial charge in [-0.2, -0.15) is 0 Å². The largest absolute Gasteiger partial charge is 0.342 e. The second-order valence-electron chi connectivity index (χ2n) is 7.42. The van der Waals surface area contributed by atoms with Crippen LogP contribution in [0.2, 0.25) is 0 Å². The Kier molecular flexibility index (Phi) is 3.36. The van der Waals surface area contributed by atoms with Crippen LogP contribution in [0, 0.1) is 10.8 Å². The van der Waals surface area contributed by atoms with Crippen molar-refractivity contribution in [1.82, 2.24) is 4.90 Å². The van der Waals surface area contributed by atoms with Crippen molar-refractivity contribution < 1.29 is 4.79 Å². The zero-order chi connectivity index (χ0) is 13.5. The van der Waals surface area contributed by atoms with Gasteiger partial charge in [-0.1, -0.05) is 19.3 Å². The average Bonchev–Trinajstić information content (AvgIpc) is 2.99. The third kappa shape index (κ3) is 2.20. The van der Waals surface area contributed by atoms with Crippen LogP contribution in [0.1, 0.15) is 64.7 Å². The smallest absolute Gasteiger partial charge is 0.230 e. The Balaban J connectivity index is 1.63. The molecule has 0 aromatic rings. The zero-order valence-corrected chi connectivity index (χ0v) is 12.3. The Hall–Kier alpha value is -0.570. The van der Waals surface area contributed by atoms with Crippen LogP contribution in [-0.4, -0.2) is 29.9 Å². The predicted octanol–water partition coefficient (Wildman–Crippen LogP) is 2.69. The SMILES string of the molecule is CC1(C(=O)N2CCC3(CCCC3)CC2)CCCC1N. The molecule has 108 valence electrons. The summed E-state index contributed by atoms with van der Waals surface area (Å²) in [4.78, 5) is 14.9. The van der Waals surface area contributed by atoms with Gasteiger partial charge in [-0.25, -0.2) is 0 Å². The lowest BCUT2D eigenvalue weighted by Crippen LogP contribution is -2.52. The molecular formula is C16H28N2O. The summed E-state index contributed by atoms with van der Waals surface area (Å²) in [6, 6.07) is 0.0716. The topological polar surface area (TPSA) is 46.3 Å². The first-order chi connectivity index (χ1) is 9.06. The minimum Gasteiger partial charge on any atom is -0.342 e. The minimum atomic E-state index is -0.278. The Bertz CT molecular complexity index is 352. The molecule has 19 heavy (non-hydrogen) atoms. The molecule has 3 fully saturated rings. The van der Waals surface area contributed by atoms with Crippen molar-refractivity contribution in [2.45, 2.75) is 70.8 Å². The molecule has 0 aromatic carbocycles. The highest BCUT2D eigenvalue weighted by atomic mass is 16.2. The maximum Gasteiger partial charge on any atom is 0.230 e. The summed E-state index contributed by atoms with van der Waals surface area (Å²) in [5.41, 5.74) is 6.50. The molecule has 3 nitrogen and oxygen atoms in total. The molecule has 1 amide bonds. The first-order valence-electron chi connectivity index (χ1n) is 8.11. The van der Waals surface area contributed by atoms with E-state index in [1.165, 1.54) is 38.5 Å². The van der Waals surface area contributed by atoms with Gasteiger partial charge in [0.15, 0.2) is 0 Å². The monoisotopic (exact) mass is 264 g/mol. The van der Waals surface area contributed by atoms with E-state index in [2.05, 4.69) is 11.8 Å². The number of nitrogens with zero attached hydrogens (tertiary/aromatic N) is 1. The van der Waals surface area contributed by atoms with Gasteiger partial charge in [0.1, 0.15) is 0 Å². The van der Waals surface area contributed by atoms with Crippen molar-refractivity contribution in [3.8, 4) is 0 Å². The van der Waals surface area contributed by atoms with Crippen molar-refractivity contribution in [3.63, 3.8) is 0 Å². The van der Waals surface area contributed by atoms with Gasteiger partial charge in [0.05, 0.1) is 5.41 Å². The van der Waals surface area contributed by atoms with Gasteiger partial charge >= 0.3 is 0 Å². The summed E-state index contributed by atoms with van der Waals surface area (Å²) in [6.07, 6.45) is 11.1. The fourth-order valence-corrected chi connectivity index (χ4v) is 4.63. The third-order valence-corrected chi connectivity index (χ3v) is 6.29. The van der Waals surface area contributed by atoms with Crippen molar-refractivity contribution in [1.29, 1.82) is 0 Å². The molecule has 2 saturated carbocycles. The van der Waals surface area contributed by atoms with E-state index in [4.69, 9.17) is 5.73 Å². The molecular weight excluding hydrogens is 236 g/mol. The first-order valence-corrected chi connectivity index (χ1v) is 8.11. The number of nitrogens with two attached hydrogens (primary N) is 1. The van der Waals surface area contributed by atoms with Gasteiger partial charge in [0.25, 0.3) is 0 Å². The maximum atomic E-state index is 12.8. The molecule has 1 saturated heterocycles. The van der Waals surface area contributed by atoms with Crippen LogP contribution in [-0.2, 0) is 4.79 Å². The third-order valence-electron chi connectivity index (χ3n) is 6.29. The van der Waals surface area contributed by atoms with Crippen molar-refractivity contribution in [3.05, 3.63) is 0 Å². The minimum absolute atomic E-state index is 0.0716. The molecule has 1 spiro atoms. The normalized spacial score (nSPS) is 38.0. The van der Waals surface area contributed by atoms with Crippen LogP contribution in [0.25, 0.3) is 0 Å². The summed E-state index contributed by atoms with van der Waals surface area (Å²) in [7, 11) is 0. The summed E-state index contributed by atoms with van der Waals surface area (Å²) in [6.45, 7) is 4.04. The van der Waals surface area contributed by atoms with Crippen LogP contribution >= 0.6 is 0 Å². The van der Waals surface area contributed by atoms with Crippen molar-refractivity contribution in [2.75, 3.05) is 13.1 Å². The lowest BCUT2D eigenvalue weighted by molar-refractivity contribution is -0.144. The standard InChI is InChI=1S/C16H28N2O/c1-15(6-4-5-13(15)17)14(19)18-11-9-16(10-12-18)7-2-3-8-16/h13H,2-12,17H2,1H3. The quantitative estimate of drug-likeness (QED) is 0.791. The van der Waals surface area contributed by atoms with E-state index in [1.807, 2.05) is 0 Å². The Morgan fingerprint density at radius 3 is 2.21 bits per heavy atom. The van der Waals surface area contributed by atoms with E-state index in [9.17, 15) is 4.79 Å². The molecule has 2 aliphatic carbocycles. The van der Waals surface area contributed by atoms with Gasteiger partial charge in [-0.05, 0) is 50.9 Å². The Morgan fingerprint density at radius 2 is 1.68 bits per heavy atom. The summed E-state index contributed by atoms with van der Waals surface area (Å²) >= 11 is 0. The molecule has 1 heterocycles. The van der Waals surface area contributed by atoms with Crippen LogP contribution in [0.15, 0.2) is 0 Å². The van der Waals surface area contributed by atoms with Gasteiger partial charge in [0.2, 0.25) is 5.91 Å². The van der Waals surface area contributed by atoms with Crippen molar-refractivity contribution in [2.24, 2.45) is 16.6 Å². The number of likely N-dealkylation sites (tertiary alicyclic amines) is 1. The van der Waals surface area contributed by atoms with Crippen molar-refractivity contribution >= 4 is 5.91 Å². The van der Waals surface area contributed by atoms with Gasteiger partial charge in [0, 0.05) is 19.1 Å². The molecule has 3 aliphatic rings. The van der Waals surface area contributed by atoms with E-state index in [-0.39, 0.29) is 11.5 Å². The van der Waals surface area contributed by atoms with Gasteiger partial charge in [-0.15, -0.1) is 0 Å². The molecule has 0 bridgehead atoms. The molecule has 2 atom stereocenters. The summed E-state index contributed by atoms with van der Waals surface area (Å²) < 4.78 is 0. The Labute approximate surface area is 116 Å². The van der Waals surface area contributed by atoms with E-state index >= 15 is 0 Å². The van der Waals surface area contributed by atoms with Crippen LogP contribution in [0.4, 0.5) is 0 Å². The lowest BCUT2D eigenvalue weighted by atomic mass is 9.76. The molecule has 3 rings (SSSR count). The fraction of sp³-hybridized carbons (Fsp3) is 0.938. The molecule has 2 unspecified atom stereocenters. The molecule has 0 aromatic heterocycles. The number of piperidine rings is 1. The molecule has 0 radical (unpaired) electrons. The number of carbonyl (C=O) groups is 1. The van der Waals surface area contributed by atoms with Gasteiger partial charge in [-0.3, -0.25) is 4.79 Å². The van der Waals surface area contributed by atoms with Crippen LogP contribution in [0.5, 0.6) is 0 Å². The molecule has 1 aliphatic heterocycles. The Morgan fingerprint density at radius 1 is 1.05 bits per heavy atom. The zero-order valence-electron chi connectivity index (χ0n) is 12.3. The second kappa shape index (κ2) is 4.76. The highest BCUT2D eigenvalue weighted by Gasteiger charge is 2.47. The highest BCUT2D eigenvalue weighted by Crippen LogP contribution is 2.47. The number of carbonyl (C=O) groups excluding carboxylic acids is 1. The molecule has 3 heteroatoms. The lowest BCUT2D eigenvalue weighted by Gasteiger charge is -2.42. The van der Waals surface area contributed by atoms with E-state index in [1.54, 1.807) is 0 Å². The van der Waals surface area contributed by atoms with E-state index in [0.717, 1.165) is 32.4 Å². The van der Waals surface area contributed by atoms with E-state index < -0.39 is 0 Å². The van der Waals surface area contributed by atoms with Gasteiger partial charge < -0.3 is 10.6 Å². The fourth-order valence-electron chi connectivity index (χ4n) is 4.63. The van der Waals surface area contributed by atoms with E-state index in [0.29, 0.717) is 11.3 Å². The second-order valence-corrected chi connectivity index (χ2v) is 7.42. The van der Waals surface area contributed by atoms with Crippen LogP contribution < -0.4 is 5.73 Å². The average molecular weight is 264 g/mol. The maximum absolute atomic E-state index is 12.8. The predicted molar refractivity (Wildman–Crippen MR) is 76.6 cm³/mol. The number of rotatable bonds is 1. The highest BCUT2D eigenvalue weighted by molar-refractivity contribution is 5.83. The molecule has 2 N–H and O–H groups in total. The summed E-state index contributed by atoms with van der Waals surface area (Å²) in [5, 5.41) is 0. The number of hydrogen-bond donors (Lipinski definition) is 1. The van der Waals surface area contributed by atoms with Crippen LogP contribution in [0.3, 0.4) is 0 Å². The first kappa shape index (κ1) is 13.4. The number of hydrogen-bond acceptors (Lipinski definition) is 2.